The highest BCUT2D eigenvalue weighted by molar-refractivity contribution is 7.86. The van der Waals surface area contributed by atoms with Crippen LogP contribution in [-0.4, -0.2) is 62.5 Å². The van der Waals surface area contributed by atoms with E-state index in [0.717, 1.165) is 6.26 Å². The molecule has 1 saturated heterocycles. The van der Waals surface area contributed by atoms with Crippen LogP contribution in [-0.2, 0) is 28.6 Å². The Morgan fingerprint density at radius 3 is 2.30 bits per heavy atom. The molecule has 1 aliphatic rings. The number of likely N-dealkylation sites (tertiary alicyclic amines) is 1. The normalized spacial score (nSPS) is 22.6. The average Bonchev–Trinajstić information content (AvgIpc) is 2.34. The minimum Gasteiger partial charge on any atom is -0.464 e. The molecule has 0 N–H and O–H groups in total. The fourth-order valence-corrected chi connectivity index (χ4v) is 2.92. The van der Waals surface area contributed by atoms with E-state index in [9.17, 15) is 18.0 Å². The predicted molar refractivity (Wildman–Crippen MR) is 82.3 cm³/mol. The van der Waals surface area contributed by atoms with E-state index in [-0.39, 0.29) is 19.6 Å². The van der Waals surface area contributed by atoms with Crippen molar-refractivity contribution in [3.63, 3.8) is 0 Å². The molecule has 0 aromatic rings. The molecule has 9 heteroatoms. The van der Waals surface area contributed by atoms with Crippen molar-refractivity contribution < 1.29 is 31.7 Å². The van der Waals surface area contributed by atoms with Gasteiger partial charge in [-0.15, -0.1) is 0 Å². The summed E-state index contributed by atoms with van der Waals surface area (Å²) in [5.41, 5.74) is -0.735. The minimum absolute atomic E-state index is 0.0501. The fourth-order valence-electron chi connectivity index (χ4n) is 2.27. The number of carbonyl (C=O) groups excluding carboxylic acids is 2. The summed E-state index contributed by atoms with van der Waals surface area (Å²) in [5, 5.41) is 0. The van der Waals surface area contributed by atoms with Crippen LogP contribution in [0.4, 0.5) is 4.79 Å². The highest BCUT2D eigenvalue weighted by atomic mass is 32.2. The van der Waals surface area contributed by atoms with Gasteiger partial charge in [0.15, 0.2) is 0 Å². The Balaban J connectivity index is 2.91. The Morgan fingerprint density at radius 1 is 1.22 bits per heavy atom. The third kappa shape index (κ3) is 6.74. The van der Waals surface area contributed by atoms with Crippen molar-refractivity contribution in [1.29, 1.82) is 0 Å². The summed E-state index contributed by atoms with van der Waals surface area (Å²) < 4.78 is 37.8. The van der Waals surface area contributed by atoms with Crippen LogP contribution in [0.5, 0.6) is 0 Å². The maximum atomic E-state index is 12.3. The smallest absolute Gasteiger partial charge is 0.411 e. The largest absolute Gasteiger partial charge is 0.464 e. The zero-order valence-electron chi connectivity index (χ0n) is 14.2. The van der Waals surface area contributed by atoms with Crippen molar-refractivity contribution >= 4 is 22.2 Å². The summed E-state index contributed by atoms with van der Waals surface area (Å²) in [6, 6.07) is -0.802. The zero-order valence-corrected chi connectivity index (χ0v) is 15.0. The Morgan fingerprint density at radius 2 is 1.83 bits per heavy atom. The first-order valence-electron chi connectivity index (χ1n) is 7.47. The van der Waals surface area contributed by atoms with Crippen LogP contribution in [0.2, 0.25) is 0 Å². The number of esters is 1. The van der Waals surface area contributed by atoms with E-state index in [1.54, 1.807) is 27.7 Å². The van der Waals surface area contributed by atoms with Crippen LogP contribution >= 0.6 is 0 Å². The van der Waals surface area contributed by atoms with E-state index in [4.69, 9.17) is 13.7 Å². The monoisotopic (exact) mass is 351 g/mol. The molecule has 1 amide bonds. The molecule has 8 nitrogen and oxygen atoms in total. The Bertz CT molecular complexity index is 538. The molecule has 0 aromatic carbocycles. The number of nitrogens with zero attached hydrogens (tertiary/aromatic N) is 1. The van der Waals surface area contributed by atoms with Crippen LogP contribution in [0.1, 0.15) is 40.5 Å². The Labute approximate surface area is 137 Å². The lowest BCUT2D eigenvalue weighted by atomic mass is 10.0. The lowest BCUT2D eigenvalue weighted by molar-refractivity contribution is -0.151. The number of carbonyl (C=O) groups is 2. The molecule has 0 aliphatic carbocycles. The van der Waals surface area contributed by atoms with Crippen molar-refractivity contribution in [2.75, 3.05) is 19.4 Å². The van der Waals surface area contributed by atoms with Gasteiger partial charge in [0.1, 0.15) is 11.6 Å². The van der Waals surface area contributed by atoms with Crippen LogP contribution in [0, 0.1) is 0 Å². The second kappa shape index (κ2) is 7.48. The maximum Gasteiger partial charge on any atom is 0.411 e. The topological polar surface area (TPSA) is 99.2 Å². The van der Waals surface area contributed by atoms with Gasteiger partial charge >= 0.3 is 12.1 Å². The second-order valence-corrected chi connectivity index (χ2v) is 8.00. The quantitative estimate of drug-likeness (QED) is 0.556. The standard InChI is InChI=1S/C14H25NO7S/c1-6-20-12(16)11-8-7-10(22-23(5,18)19)9-15(11)13(17)21-14(2,3)4/h10-11H,6-9H2,1-5H3/t10-,11-/m0/s1. The number of ether oxygens (including phenoxy) is 2. The van der Waals surface area contributed by atoms with Crippen molar-refractivity contribution in [3.8, 4) is 0 Å². The van der Waals surface area contributed by atoms with Crippen molar-refractivity contribution in [2.45, 2.75) is 58.3 Å². The summed E-state index contributed by atoms with van der Waals surface area (Å²) in [6.07, 6.45) is 0.122. The number of hydrogen-bond donors (Lipinski definition) is 0. The molecule has 134 valence electrons. The number of piperidine rings is 1. The van der Waals surface area contributed by atoms with E-state index in [2.05, 4.69) is 0 Å². The van der Waals surface area contributed by atoms with Crippen LogP contribution in [0.3, 0.4) is 0 Å². The van der Waals surface area contributed by atoms with Crippen molar-refractivity contribution in [3.05, 3.63) is 0 Å². The zero-order chi connectivity index (χ0) is 17.8. The molecule has 0 spiro atoms. The predicted octanol–water partition coefficient (Wildman–Crippen LogP) is 1.29. The fraction of sp³-hybridized carbons (Fsp3) is 0.857. The average molecular weight is 351 g/mol. The van der Waals surface area contributed by atoms with E-state index in [0.29, 0.717) is 6.42 Å². The lowest BCUT2D eigenvalue weighted by Gasteiger charge is -2.38. The molecule has 0 bridgehead atoms. The molecule has 0 radical (unpaired) electrons. The van der Waals surface area contributed by atoms with Crippen LogP contribution < -0.4 is 0 Å². The molecule has 0 unspecified atom stereocenters. The van der Waals surface area contributed by atoms with Crippen LogP contribution in [0.15, 0.2) is 0 Å². The number of hydrogen-bond acceptors (Lipinski definition) is 7. The SMILES string of the molecule is CCOC(=O)[C@@H]1CC[C@H](OS(C)(=O)=O)CN1C(=O)OC(C)(C)C. The maximum absolute atomic E-state index is 12.3. The molecule has 1 fully saturated rings. The summed E-state index contributed by atoms with van der Waals surface area (Å²) in [6.45, 7) is 6.94. The minimum atomic E-state index is -3.65. The second-order valence-electron chi connectivity index (χ2n) is 6.40. The third-order valence-corrected chi connectivity index (χ3v) is 3.66. The highest BCUT2D eigenvalue weighted by Crippen LogP contribution is 2.24. The number of rotatable bonds is 4. The van der Waals surface area contributed by atoms with Gasteiger partial charge in [-0.25, -0.2) is 9.59 Å². The van der Waals surface area contributed by atoms with Gasteiger partial charge in [0.2, 0.25) is 0 Å². The summed E-state index contributed by atoms with van der Waals surface area (Å²) in [4.78, 5) is 25.6. The van der Waals surface area contributed by atoms with E-state index in [1.165, 1.54) is 4.90 Å². The summed E-state index contributed by atoms with van der Waals surface area (Å²) in [7, 11) is -3.65. The molecule has 2 atom stereocenters. The Hall–Kier alpha value is -1.35. The summed E-state index contributed by atoms with van der Waals surface area (Å²) >= 11 is 0. The van der Waals surface area contributed by atoms with E-state index in [1.807, 2.05) is 0 Å². The van der Waals surface area contributed by atoms with Gasteiger partial charge < -0.3 is 9.47 Å². The van der Waals surface area contributed by atoms with Gasteiger partial charge in [-0.1, -0.05) is 0 Å². The van der Waals surface area contributed by atoms with E-state index < -0.39 is 39.9 Å². The van der Waals surface area contributed by atoms with Gasteiger partial charge in [-0.2, -0.15) is 8.42 Å². The molecule has 0 saturated carbocycles. The first kappa shape index (κ1) is 19.7. The first-order valence-corrected chi connectivity index (χ1v) is 9.29. The number of amides is 1. The lowest BCUT2D eigenvalue weighted by Crippen LogP contribution is -2.54. The van der Waals surface area contributed by atoms with E-state index >= 15 is 0 Å². The van der Waals surface area contributed by atoms with Gasteiger partial charge in [-0.05, 0) is 40.5 Å². The van der Waals surface area contributed by atoms with Gasteiger partial charge in [0.25, 0.3) is 10.1 Å². The van der Waals surface area contributed by atoms with Gasteiger partial charge in [-0.3, -0.25) is 9.08 Å². The molecule has 1 heterocycles. The van der Waals surface area contributed by atoms with Crippen molar-refractivity contribution in [1.82, 2.24) is 4.90 Å². The Kier molecular flexibility index (Phi) is 6.41. The highest BCUT2D eigenvalue weighted by Gasteiger charge is 2.40. The molecule has 23 heavy (non-hydrogen) atoms. The molecule has 1 aliphatic heterocycles. The van der Waals surface area contributed by atoms with Gasteiger partial charge in [0.05, 0.1) is 25.5 Å². The van der Waals surface area contributed by atoms with Gasteiger partial charge in [0, 0.05) is 0 Å². The molecular weight excluding hydrogens is 326 g/mol. The molecular formula is C14H25NO7S. The van der Waals surface area contributed by atoms with Crippen molar-refractivity contribution in [2.24, 2.45) is 0 Å². The molecule has 1 rings (SSSR count). The first-order chi connectivity index (χ1) is 10.4. The summed E-state index contributed by atoms with van der Waals surface area (Å²) in [5.74, 6) is -0.531. The third-order valence-electron chi connectivity index (χ3n) is 3.04. The molecule has 0 aromatic heterocycles. The van der Waals surface area contributed by atoms with Crippen LogP contribution in [0.25, 0.3) is 0 Å².